The van der Waals surface area contributed by atoms with E-state index in [-0.39, 0.29) is 11.4 Å². The SMILES string of the molecule is CCOc1ccc(-c2noc(CSc3nc4sc5c(c4c(=O)n3-c3ccc(F)cc3)CCCC5)n2)cc1. The molecule has 188 valence electrons. The molecule has 0 fully saturated rings. The van der Waals surface area contributed by atoms with E-state index in [4.69, 9.17) is 14.2 Å². The Balaban J connectivity index is 1.34. The fourth-order valence-electron chi connectivity index (χ4n) is 4.52. The van der Waals surface area contributed by atoms with E-state index < -0.39 is 0 Å². The maximum atomic E-state index is 13.8. The van der Waals surface area contributed by atoms with Crippen LogP contribution in [0.25, 0.3) is 27.3 Å². The minimum absolute atomic E-state index is 0.126. The highest BCUT2D eigenvalue weighted by Gasteiger charge is 2.23. The normalized spacial score (nSPS) is 13.1. The average Bonchev–Trinajstić information content (AvgIpc) is 3.54. The van der Waals surface area contributed by atoms with Gasteiger partial charge in [0.25, 0.3) is 5.56 Å². The fourth-order valence-corrected chi connectivity index (χ4v) is 6.68. The lowest BCUT2D eigenvalue weighted by atomic mass is 9.97. The largest absolute Gasteiger partial charge is 0.494 e. The summed E-state index contributed by atoms with van der Waals surface area (Å²) in [5.41, 5.74) is 2.38. The summed E-state index contributed by atoms with van der Waals surface area (Å²) in [4.78, 5) is 25.2. The first-order valence-electron chi connectivity index (χ1n) is 12.1. The Morgan fingerprint density at radius 1 is 1.08 bits per heavy atom. The molecule has 1 aliphatic rings. The van der Waals surface area contributed by atoms with Crippen molar-refractivity contribution in [2.24, 2.45) is 0 Å². The molecule has 37 heavy (non-hydrogen) atoms. The molecular formula is C27H23FN4O3S2. The maximum absolute atomic E-state index is 13.8. The first-order chi connectivity index (χ1) is 18.1. The van der Waals surface area contributed by atoms with Gasteiger partial charge in [0, 0.05) is 10.4 Å². The molecule has 0 aliphatic heterocycles. The Morgan fingerprint density at radius 3 is 2.65 bits per heavy atom. The first-order valence-corrected chi connectivity index (χ1v) is 13.9. The van der Waals surface area contributed by atoms with Crippen molar-refractivity contribution < 1.29 is 13.7 Å². The molecule has 0 unspecified atom stereocenters. The van der Waals surface area contributed by atoms with Gasteiger partial charge in [-0.2, -0.15) is 4.98 Å². The third kappa shape index (κ3) is 4.67. The van der Waals surface area contributed by atoms with Crippen LogP contribution in [0.3, 0.4) is 0 Å². The number of hydrogen-bond acceptors (Lipinski definition) is 8. The molecule has 2 aromatic carbocycles. The number of ether oxygens (including phenoxy) is 1. The van der Waals surface area contributed by atoms with Gasteiger partial charge in [0.1, 0.15) is 16.4 Å². The molecule has 0 N–H and O–H groups in total. The van der Waals surface area contributed by atoms with Crippen LogP contribution in [0.5, 0.6) is 5.75 Å². The summed E-state index contributed by atoms with van der Waals surface area (Å²) in [6, 6.07) is 13.4. The summed E-state index contributed by atoms with van der Waals surface area (Å²) in [5, 5.41) is 5.29. The van der Waals surface area contributed by atoms with Crippen LogP contribution in [0.15, 0.2) is 63.0 Å². The molecule has 0 saturated carbocycles. The van der Waals surface area contributed by atoms with Crippen LogP contribution in [0, 0.1) is 5.82 Å². The van der Waals surface area contributed by atoms with Crippen molar-refractivity contribution in [1.29, 1.82) is 0 Å². The van der Waals surface area contributed by atoms with Crippen molar-refractivity contribution in [3.63, 3.8) is 0 Å². The van der Waals surface area contributed by atoms with Gasteiger partial charge in [-0.05, 0) is 86.7 Å². The lowest BCUT2D eigenvalue weighted by Crippen LogP contribution is -2.22. The number of halogens is 1. The van der Waals surface area contributed by atoms with Crippen LogP contribution in [-0.2, 0) is 18.6 Å². The third-order valence-corrected chi connectivity index (χ3v) is 8.37. The van der Waals surface area contributed by atoms with E-state index in [2.05, 4.69) is 10.1 Å². The van der Waals surface area contributed by atoms with Crippen LogP contribution in [0.4, 0.5) is 4.39 Å². The van der Waals surface area contributed by atoms with Gasteiger partial charge in [0.15, 0.2) is 5.16 Å². The molecule has 1 aliphatic carbocycles. The fraction of sp³-hybridized carbons (Fsp3) is 0.259. The van der Waals surface area contributed by atoms with E-state index in [9.17, 15) is 9.18 Å². The van der Waals surface area contributed by atoms with Gasteiger partial charge in [0.2, 0.25) is 11.7 Å². The highest BCUT2D eigenvalue weighted by molar-refractivity contribution is 7.98. The number of nitrogens with zero attached hydrogens (tertiary/aromatic N) is 4. The smallest absolute Gasteiger partial charge is 0.267 e. The molecule has 10 heteroatoms. The van der Waals surface area contributed by atoms with E-state index in [1.807, 2.05) is 31.2 Å². The number of rotatable bonds is 7. The first kappa shape index (κ1) is 23.9. The van der Waals surface area contributed by atoms with Crippen molar-refractivity contribution >= 4 is 33.3 Å². The minimum Gasteiger partial charge on any atom is -0.494 e. The molecule has 0 radical (unpaired) electrons. The Morgan fingerprint density at radius 2 is 1.86 bits per heavy atom. The molecule has 0 bridgehead atoms. The summed E-state index contributed by atoms with van der Waals surface area (Å²) in [5.74, 6) is 1.64. The van der Waals surface area contributed by atoms with Crippen LogP contribution in [0.2, 0.25) is 0 Å². The molecular weight excluding hydrogens is 511 g/mol. The molecule has 6 rings (SSSR count). The minimum atomic E-state index is -0.361. The van der Waals surface area contributed by atoms with Gasteiger partial charge in [-0.25, -0.2) is 9.37 Å². The average molecular weight is 535 g/mol. The van der Waals surface area contributed by atoms with Gasteiger partial charge in [-0.1, -0.05) is 16.9 Å². The predicted octanol–water partition coefficient (Wildman–Crippen LogP) is 6.21. The number of benzene rings is 2. The van der Waals surface area contributed by atoms with E-state index in [1.54, 1.807) is 28.0 Å². The van der Waals surface area contributed by atoms with E-state index in [1.165, 1.54) is 28.8 Å². The monoisotopic (exact) mass is 534 g/mol. The third-order valence-electron chi connectivity index (χ3n) is 6.26. The second-order valence-corrected chi connectivity index (χ2v) is 10.7. The van der Waals surface area contributed by atoms with Crippen LogP contribution < -0.4 is 10.3 Å². The lowest BCUT2D eigenvalue weighted by Gasteiger charge is -2.13. The van der Waals surface area contributed by atoms with Gasteiger partial charge in [-0.15, -0.1) is 11.3 Å². The van der Waals surface area contributed by atoms with Crippen molar-refractivity contribution in [1.82, 2.24) is 19.7 Å². The van der Waals surface area contributed by atoms with Crippen LogP contribution in [0.1, 0.15) is 36.1 Å². The summed E-state index contributed by atoms with van der Waals surface area (Å²) in [6.07, 6.45) is 4.06. The lowest BCUT2D eigenvalue weighted by molar-refractivity contribution is 0.340. The zero-order chi connectivity index (χ0) is 25.4. The van der Waals surface area contributed by atoms with E-state index >= 15 is 0 Å². The highest BCUT2D eigenvalue weighted by atomic mass is 32.2. The van der Waals surface area contributed by atoms with Gasteiger partial charge < -0.3 is 9.26 Å². The Bertz CT molecular complexity index is 1620. The van der Waals surface area contributed by atoms with Crippen molar-refractivity contribution in [3.05, 3.63) is 81.0 Å². The second-order valence-electron chi connectivity index (χ2n) is 8.66. The Hall–Kier alpha value is -3.50. The molecule has 0 atom stereocenters. The zero-order valence-corrected chi connectivity index (χ0v) is 21.7. The maximum Gasteiger partial charge on any atom is 0.267 e. The summed E-state index contributed by atoms with van der Waals surface area (Å²) >= 11 is 2.94. The van der Waals surface area contributed by atoms with Crippen molar-refractivity contribution in [2.45, 2.75) is 43.5 Å². The summed E-state index contributed by atoms with van der Waals surface area (Å²) in [7, 11) is 0. The number of fused-ring (bicyclic) bond motifs is 3. The predicted molar refractivity (Wildman–Crippen MR) is 142 cm³/mol. The number of thiophene rings is 1. The molecule has 3 aromatic heterocycles. The molecule has 7 nitrogen and oxygen atoms in total. The van der Waals surface area contributed by atoms with Crippen molar-refractivity contribution in [3.8, 4) is 22.8 Å². The Kier molecular flexibility index (Phi) is 6.52. The van der Waals surface area contributed by atoms with E-state index in [0.29, 0.717) is 40.3 Å². The number of hydrogen-bond donors (Lipinski definition) is 0. The molecule has 5 aromatic rings. The standard InChI is InChI=1S/C27H23FN4O3S2/c1-2-34-19-13-7-16(8-14-19)24-29-22(35-31-24)15-36-27-30-25-23(20-5-3-4-6-21(20)37-25)26(33)32(27)18-11-9-17(28)10-12-18/h7-14H,2-6,15H2,1H3. The quantitative estimate of drug-likeness (QED) is 0.181. The molecule has 0 saturated heterocycles. The van der Waals surface area contributed by atoms with Gasteiger partial charge in [-0.3, -0.25) is 9.36 Å². The highest BCUT2D eigenvalue weighted by Crippen LogP contribution is 2.35. The summed E-state index contributed by atoms with van der Waals surface area (Å²) < 4.78 is 26.2. The van der Waals surface area contributed by atoms with Crippen LogP contribution in [-0.4, -0.2) is 26.3 Å². The molecule has 0 spiro atoms. The topological polar surface area (TPSA) is 83.0 Å². The number of thioether (sulfide) groups is 1. The number of aryl methyl sites for hydroxylation is 2. The van der Waals surface area contributed by atoms with E-state index in [0.717, 1.165) is 47.4 Å². The van der Waals surface area contributed by atoms with Crippen molar-refractivity contribution in [2.75, 3.05) is 6.61 Å². The molecule has 0 amide bonds. The van der Waals surface area contributed by atoms with Gasteiger partial charge in [0.05, 0.1) is 23.4 Å². The van der Waals surface area contributed by atoms with Crippen LogP contribution >= 0.6 is 23.1 Å². The van der Waals surface area contributed by atoms with Gasteiger partial charge >= 0.3 is 0 Å². The summed E-state index contributed by atoms with van der Waals surface area (Å²) in [6.45, 7) is 2.53. The molecule has 3 heterocycles. The Labute approximate surface area is 220 Å². The second kappa shape index (κ2) is 10.1. The zero-order valence-electron chi connectivity index (χ0n) is 20.1. The number of aromatic nitrogens is 4.